The summed E-state index contributed by atoms with van der Waals surface area (Å²) in [6.45, 7) is 1.66. The van der Waals surface area contributed by atoms with Gasteiger partial charge >= 0.3 is 0 Å². The lowest BCUT2D eigenvalue weighted by atomic mass is 10.2. The molecule has 0 saturated carbocycles. The van der Waals surface area contributed by atoms with Crippen molar-refractivity contribution in [1.29, 1.82) is 0 Å². The lowest BCUT2D eigenvalue weighted by Crippen LogP contribution is -2.22. The maximum Gasteiger partial charge on any atom is 0.277 e. The van der Waals surface area contributed by atoms with Crippen LogP contribution < -0.4 is 5.32 Å². The van der Waals surface area contributed by atoms with Crippen molar-refractivity contribution in [1.82, 2.24) is 10.2 Å². The highest BCUT2D eigenvalue weighted by atomic mass is 32.2. The molecule has 1 heterocycles. The zero-order chi connectivity index (χ0) is 17.8. The molecule has 3 aromatic rings. The summed E-state index contributed by atoms with van der Waals surface area (Å²) in [4.78, 5) is 12.2. The Balaban J connectivity index is 1.65. The molecule has 1 aromatic heterocycles. The largest absolute Gasteiger partial charge is 0.411 e. The van der Waals surface area contributed by atoms with Gasteiger partial charge in [-0.15, -0.1) is 10.2 Å². The van der Waals surface area contributed by atoms with Crippen LogP contribution in [0.4, 0.5) is 14.5 Å². The summed E-state index contributed by atoms with van der Waals surface area (Å²) in [6.07, 6.45) is 0. The number of benzene rings is 2. The first-order valence-corrected chi connectivity index (χ1v) is 8.22. The SMILES string of the molecule is C[C@H](Sc1nnc(-c2ccccc2F)o1)C(=O)Nc1ccc(F)cc1. The number of anilines is 1. The average molecular weight is 361 g/mol. The molecule has 1 amide bonds. The summed E-state index contributed by atoms with van der Waals surface area (Å²) in [7, 11) is 0. The van der Waals surface area contributed by atoms with E-state index < -0.39 is 11.1 Å². The molecule has 128 valence electrons. The van der Waals surface area contributed by atoms with Crippen LogP contribution in [0.25, 0.3) is 11.5 Å². The van der Waals surface area contributed by atoms with Crippen molar-refractivity contribution >= 4 is 23.4 Å². The Bertz CT molecular complexity index is 884. The molecule has 5 nitrogen and oxygen atoms in total. The van der Waals surface area contributed by atoms with Crippen LogP contribution in [0.3, 0.4) is 0 Å². The van der Waals surface area contributed by atoms with E-state index in [0.717, 1.165) is 11.8 Å². The molecular weight excluding hydrogens is 348 g/mol. The number of aromatic nitrogens is 2. The molecule has 0 aliphatic heterocycles. The van der Waals surface area contributed by atoms with Gasteiger partial charge in [0.2, 0.25) is 5.91 Å². The number of halogens is 2. The highest BCUT2D eigenvalue weighted by Crippen LogP contribution is 2.27. The number of nitrogens with zero attached hydrogens (tertiary/aromatic N) is 2. The standard InChI is InChI=1S/C17H13F2N3O2S/c1-10(15(23)20-12-8-6-11(18)7-9-12)25-17-22-21-16(24-17)13-4-2-3-5-14(13)19/h2-10H,1H3,(H,20,23)/t10-/m0/s1. The molecule has 0 fully saturated rings. The van der Waals surface area contributed by atoms with E-state index in [1.165, 1.54) is 36.4 Å². The van der Waals surface area contributed by atoms with Crippen LogP contribution >= 0.6 is 11.8 Å². The van der Waals surface area contributed by atoms with Gasteiger partial charge in [0.25, 0.3) is 11.1 Å². The summed E-state index contributed by atoms with van der Waals surface area (Å²) in [5, 5.41) is 9.90. The van der Waals surface area contributed by atoms with Crippen LogP contribution in [0.2, 0.25) is 0 Å². The lowest BCUT2D eigenvalue weighted by molar-refractivity contribution is -0.115. The summed E-state index contributed by atoms with van der Waals surface area (Å²) >= 11 is 1.05. The van der Waals surface area contributed by atoms with E-state index in [0.29, 0.717) is 5.69 Å². The van der Waals surface area contributed by atoms with E-state index in [-0.39, 0.29) is 28.4 Å². The van der Waals surface area contributed by atoms with Crippen molar-refractivity contribution in [3.05, 3.63) is 60.2 Å². The Hall–Kier alpha value is -2.74. The van der Waals surface area contributed by atoms with Crippen molar-refractivity contribution in [3.8, 4) is 11.5 Å². The van der Waals surface area contributed by atoms with Crippen molar-refractivity contribution < 1.29 is 18.0 Å². The van der Waals surface area contributed by atoms with Crippen LogP contribution in [-0.4, -0.2) is 21.4 Å². The molecule has 0 unspecified atom stereocenters. The Kier molecular flexibility index (Phi) is 5.08. The normalized spacial score (nSPS) is 12.0. The molecule has 8 heteroatoms. The highest BCUT2D eigenvalue weighted by molar-refractivity contribution is 8.00. The Morgan fingerprint density at radius 1 is 1.12 bits per heavy atom. The van der Waals surface area contributed by atoms with Gasteiger partial charge in [0.05, 0.1) is 10.8 Å². The summed E-state index contributed by atoms with van der Waals surface area (Å²) in [5.41, 5.74) is 0.682. The molecular formula is C17H13F2N3O2S. The van der Waals surface area contributed by atoms with Gasteiger partial charge < -0.3 is 9.73 Å². The first kappa shape index (κ1) is 17.1. The zero-order valence-corrected chi connectivity index (χ0v) is 13.9. The molecule has 0 spiro atoms. The highest BCUT2D eigenvalue weighted by Gasteiger charge is 2.19. The average Bonchev–Trinajstić information content (AvgIpc) is 3.05. The number of hydrogen-bond acceptors (Lipinski definition) is 5. The molecule has 0 aliphatic rings. The predicted octanol–water partition coefficient (Wildman–Crippen LogP) is 4.13. The van der Waals surface area contributed by atoms with Gasteiger partial charge in [-0.2, -0.15) is 0 Å². The van der Waals surface area contributed by atoms with Crippen LogP contribution in [-0.2, 0) is 4.79 Å². The maximum atomic E-state index is 13.7. The zero-order valence-electron chi connectivity index (χ0n) is 13.1. The topological polar surface area (TPSA) is 68.0 Å². The van der Waals surface area contributed by atoms with Gasteiger partial charge in [0, 0.05) is 5.69 Å². The number of carbonyl (C=O) groups excluding carboxylic acids is 1. The lowest BCUT2D eigenvalue weighted by Gasteiger charge is -2.09. The van der Waals surface area contributed by atoms with Crippen LogP contribution in [0.15, 0.2) is 58.2 Å². The second-order valence-corrected chi connectivity index (χ2v) is 6.40. The Morgan fingerprint density at radius 3 is 2.56 bits per heavy atom. The number of thioether (sulfide) groups is 1. The molecule has 0 radical (unpaired) electrons. The van der Waals surface area contributed by atoms with E-state index in [4.69, 9.17) is 4.42 Å². The van der Waals surface area contributed by atoms with Crippen molar-refractivity contribution in [3.63, 3.8) is 0 Å². The van der Waals surface area contributed by atoms with Crippen LogP contribution in [0.5, 0.6) is 0 Å². The predicted molar refractivity (Wildman–Crippen MR) is 90.0 cm³/mol. The molecule has 3 rings (SSSR count). The second kappa shape index (κ2) is 7.43. The minimum Gasteiger partial charge on any atom is -0.411 e. The van der Waals surface area contributed by atoms with E-state index in [2.05, 4.69) is 15.5 Å². The number of nitrogens with one attached hydrogen (secondary N) is 1. The second-order valence-electron chi connectivity index (χ2n) is 5.11. The van der Waals surface area contributed by atoms with E-state index >= 15 is 0 Å². The van der Waals surface area contributed by atoms with E-state index in [1.54, 1.807) is 19.1 Å². The fourth-order valence-corrected chi connectivity index (χ4v) is 2.67. The Labute approximate surface area is 146 Å². The fraction of sp³-hybridized carbons (Fsp3) is 0.118. The third-order valence-electron chi connectivity index (χ3n) is 3.27. The molecule has 25 heavy (non-hydrogen) atoms. The first-order valence-electron chi connectivity index (χ1n) is 7.34. The number of rotatable bonds is 5. The van der Waals surface area contributed by atoms with Gasteiger partial charge in [-0.05, 0) is 43.3 Å². The third-order valence-corrected chi connectivity index (χ3v) is 4.20. The molecule has 1 atom stereocenters. The number of carbonyl (C=O) groups is 1. The smallest absolute Gasteiger partial charge is 0.277 e. The molecule has 1 N–H and O–H groups in total. The van der Waals surface area contributed by atoms with Gasteiger partial charge in [0.1, 0.15) is 11.6 Å². The van der Waals surface area contributed by atoms with Crippen molar-refractivity contribution in [2.75, 3.05) is 5.32 Å². The molecule has 0 bridgehead atoms. The van der Waals surface area contributed by atoms with Gasteiger partial charge in [-0.1, -0.05) is 23.9 Å². The first-order chi connectivity index (χ1) is 12.0. The van der Waals surface area contributed by atoms with Crippen LogP contribution in [0.1, 0.15) is 6.92 Å². The third kappa shape index (κ3) is 4.21. The minimum atomic E-state index is -0.543. The molecule has 0 aliphatic carbocycles. The van der Waals surface area contributed by atoms with E-state index in [9.17, 15) is 13.6 Å². The summed E-state index contributed by atoms with van der Waals surface area (Å²) in [5.74, 6) is -1.11. The summed E-state index contributed by atoms with van der Waals surface area (Å²) < 4.78 is 32.0. The maximum absolute atomic E-state index is 13.7. The van der Waals surface area contributed by atoms with Crippen molar-refractivity contribution in [2.24, 2.45) is 0 Å². The number of hydrogen-bond donors (Lipinski definition) is 1. The van der Waals surface area contributed by atoms with Crippen LogP contribution in [0, 0.1) is 11.6 Å². The number of amides is 1. The van der Waals surface area contributed by atoms with Gasteiger partial charge in [-0.25, -0.2) is 8.78 Å². The van der Waals surface area contributed by atoms with Gasteiger partial charge in [-0.3, -0.25) is 4.79 Å². The monoisotopic (exact) mass is 361 g/mol. The summed E-state index contributed by atoms with van der Waals surface area (Å²) in [6, 6.07) is 11.5. The minimum absolute atomic E-state index is 0.0479. The van der Waals surface area contributed by atoms with Crippen molar-refractivity contribution in [2.45, 2.75) is 17.4 Å². The Morgan fingerprint density at radius 2 is 1.84 bits per heavy atom. The quantitative estimate of drug-likeness (QED) is 0.692. The van der Waals surface area contributed by atoms with Gasteiger partial charge in [0.15, 0.2) is 0 Å². The molecule has 2 aromatic carbocycles. The molecule has 0 saturated heterocycles. The van der Waals surface area contributed by atoms with E-state index in [1.807, 2.05) is 0 Å². The fourth-order valence-electron chi connectivity index (χ4n) is 1.98.